The molecule has 2 aromatic rings. The van der Waals surface area contributed by atoms with E-state index >= 15 is 0 Å². The molecule has 0 aromatic heterocycles. The molecule has 0 saturated heterocycles. The van der Waals surface area contributed by atoms with Crippen LogP contribution >= 0.6 is 27.5 Å². The molecule has 0 saturated carbocycles. The fraction of sp³-hybridized carbons (Fsp3) is 0.294. The fourth-order valence-corrected chi connectivity index (χ4v) is 3.24. The first-order chi connectivity index (χ1) is 10.0. The highest BCUT2D eigenvalue weighted by Crippen LogP contribution is 2.28. The van der Waals surface area contributed by atoms with Crippen LogP contribution in [0.2, 0.25) is 5.02 Å². The molecule has 1 unspecified atom stereocenters. The van der Waals surface area contributed by atoms with Gasteiger partial charge in [0, 0.05) is 10.5 Å². The number of benzene rings is 2. The zero-order chi connectivity index (χ0) is 15.4. The Morgan fingerprint density at radius 2 is 2.00 bits per heavy atom. The lowest BCUT2D eigenvalue weighted by Crippen LogP contribution is -2.23. The number of halogens is 3. The second kappa shape index (κ2) is 7.39. The fourth-order valence-electron chi connectivity index (χ4n) is 2.36. The van der Waals surface area contributed by atoms with Gasteiger partial charge in [0.05, 0.1) is 5.02 Å². The lowest BCUT2D eigenvalue weighted by atomic mass is 9.98. The second-order valence-electron chi connectivity index (χ2n) is 5.09. The topological polar surface area (TPSA) is 12.0 Å². The molecule has 0 bridgehead atoms. The third-order valence-electron chi connectivity index (χ3n) is 3.41. The molecule has 0 aliphatic heterocycles. The standard InChI is InChI=1S/C17H18BrClFN/c1-3-21-17(13-6-4-11(2)8-14(13)18)10-12-5-7-15(19)16(20)9-12/h4-9,17,21H,3,10H2,1-2H3. The molecule has 1 N–H and O–H groups in total. The van der Waals surface area contributed by atoms with E-state index in [-0.39, 0.29) is 16.9 Å². The maximum atomic E-state index is 13.6. The predicted molar refractivity (Wildman–Crippen MR) is 90.4 cm³/mol. The van der Waals surface area contributed by atoms with Crippen molar-refractivity contribution in [2.75, 3.05) is 6.54 Å². The van der Waals surface area contributed by atoms with Crippen molar-refractivity contribution in [1.82, 2.24) is 5.32 Å². The summed E-state index contributed by atoms with van der Waals surface area (Å²) in [5.41, 5.74) is 3.31. The normalized spacial score (nSPS) is 12.4. The van der Waals surface area contributed by atoms with Crippen LogP contribution in [0.15, 0.2) is 40.9 Å². The van der Waals surface area contributed by atoms with Crippen molar-refractivity contribution < 1.29 is 4.39 Å². The highest BCUT2D eigenvalue weighted by atomic mass is 79.9. The van der Waals surface area contributed by atoms with Gasteiger partial charge >= 0.3 is 0 Å². The Hall–Kier alpha value is -0.900. The number of nitrogens with one attached hydrogen (secondary N) is 1. The van der Waals surface area contributed by atoms with Gasteiger partial charge in [0.15, 0.2) is 0 Å². The summed E-state index contributed by atoms with van der Waals surface area (Å²) < 4.78 is 14.7. The Kier molecular flexibility index (Phi) is 5.80. The Balaban J connectivity index is 2.28. The molecule has 2 aromatic carbocycles. The molecule has 4 heteroatoms. The Morgan fingerprint density at radius 3 is 2.62 bits per heavy atom. The Bertz CT molecular complexity index is 630. The van der Waals surface area contributed by atoms with Crippen LogP contribution in [0.3, 0.4) is 0 Å². The molecule has 0 aliphatic rings. The quantitative estimate of drug-likeness (QED) is 0.738. The van der Waals surface area contributed by atoms with Gasteiger partial charge in [-0.15, -0.1) is 0 Å². The molecule has 21 heavy (non-hydrogen) atoms. The minimum atomic E-state index is -0.368. The van der Waals surface area contributed by atoms with Gasteiger partial charge in [-0.25, -0.2) is 4.39 Å². The number of aryl methyl sites for hydroxylation is 1. The van der Waals surface area contributed by atoms with Crippen LogP contribution < -0.4 is 5.32 Å². The van der Waals surface area contributed by atoms with E-state index in [1.165, 1.54) is 17.2 Å². The first-order valence-electron chi connectivity index (χ1n) is 6.94. The van der Waals surface area contributed by atoms with Crippen LogP contribution in [-0.2, 0) is 6.42 Å². The van der Waals surface area contributed by atoms with Crippen LogP contribution in [0.5, 0.6) is 0 Å². The lowest BCUT2D eigenvalue weighted by Gasteiger charge is -2.20. The molecule has 0 fully saturated rings. The first kappa shape index (κ1) is 16.5. The largest absolute Gasteiger partial charge is 0.310 e. The van der Waals surface area contributed by atoms with E-state index in [9.17, 15) is 4.39 Å². The third-order valence-corrected chi connectivity index (χ3v) is 4.40. The molecule has 1 nitrogen and oxygen atoms in total. The van der Waals surface area contributed by atoms with E-state index in [1.807, 2.05) is 6.07 Å². The maximum absolute atomic E-state index is 13.6. The number of rotatable bonds is 5. The van der Waals surface area contributed by atoms with Gasteiger partial charge in [0.1, 0.15) is 5.82 Å². The first-order valence-corrected chi connectivity index (χ1v) is 8.11. The van der Waals surface area contributed by atoms with E-state index in [2.05, 4.69) is 53.3 Å². The van der Waals surface area contributed by atoms with Gasteiger partial charge < -0.3 is 5.32 Å². The van der Waals surface area contributed by atoms with Crippen molar-refractivity contribution in [3.05, 3.63) is 68.4 Å². The summed E-state index contributed by atoms with van der Waals surface area (Å²) in [5, 5.41) is 3.62. The summed E-state index contributed by atoms with van der Waals surface area (Å²) in [6.07, 6.45) is 0.712. The van der Waals surface area contributed by atoms with Crippen LogP contribution in [0.25, 0.3) is 0 Å². The smallest absolute Gasteiger partial charge is 0.142 e. The number of likely N-dealkylation sites (N-methyl/N-ethyl adjacent to an activating group) is 1. The highest BCUT2D eigenvalue weighted by molar-refractivity contribution is 9.10. The SMILES string of the molecule is CCNC(Cc1ccc(Cl)c(F)c1)c1ccc(C)cc1Br. The van der Waals surface area contributed by atoms with Crippen molar-refractivity contribution in [2.24, 2.45) is 0 Å². The molecular formula is C17H18BrClFN. The van der Waals surface area contributed by atoms with Crippen molar-refractivity contribution in [1.29, 1.82) is 0 Å². The van der Waals surface area contributed by atoms with E-state index in [0.717, 1.165) is 16.6 Å². The van der Waals surface area contributed by atoms with E-state index in [4.69, 9.17) is 11.6 Å². The highest BCUT2D eigenvalue weighted by Gasteiger charge is 2.15. The average Bonchev–Trinajstić information content (AvgIpc) is 2.42. The summed E-state index contributed by atoms with van der Waals surface area (Å²) in [4.78, 5) is 0. The van der Waals surface area contributed by atoms with Crippen molar-refractivity contribution in [3.8, 4) is 0 Å². The summed E-state index contributed by atoms with van der Waals surface area (Å²) >= 11 is 9.36. The summed E-state index contributed by atoms with van der Waals surface area (Å²) in [5.74, 6) is -0.368. The summed E-state index contributed by atoms with van der Waals surface area (Å²) in [6.45, 7) is 4.98. The molecular weight excluding hydrogens is 353 g/mol. The molecule has 0 spiro atoms. The Morgan fingerprint density at radius 1 is 1.24 bits per heavy atom. The van der Waals surface area contributed by atoms with Crippen molar-refractivity contribution >= 4 is 27.5 Å². The van der Waals surface area contributed by atoms with Gasteiger partial charge in [-0.2, -0.15) is 0 Å². The molecule has 0 amide bonds. The van der Waals surface area contributed by atoms with Crippen LogP contribution in [-0.4, -0.2) is 6.54 Å². The van der Waals surface area contributed by atoms with E-state index in [1.54, 1.807) is 6.07 Å². The minimum Gasteiger partial charge on any atom is -0.310 e. The number of hydrogen-bond acceptors (Lipinski definition) is 1. The monoisotopic (exact) mass is 369 g/mol. The zero-order valence-corrected chi connectivity index (χ0v) is 14.4. The average molecular weight is 371 g/mol. The van der Waals surface area contributed by atoms with Gasteiger partial charge in [0.2, 0.25) is 0 Å². The van der Waals surface area contributed by atoms with Crippen molar-refractivity contribution in [3.63, 3.8) is 0 Å². The van der Waals surface area contributed by atoms with Gasteiger partial charge in [0.25, 0.3) is 0 Å². The molecule has 1 atom stereocenters. The van der Waals surface area contributed by atoms with E-state index in [0.29, 0.717) is 6.42 Å². The molecule has 0 aliphatic carbocycles. The van der Waals surface area contributed by atoms with Crippen LogP contribution in [0, 0.1) is 12.7 Å². The van der Waals surface area contributed by atoms with Gasteiger partial charge in [-0.3, -0.25) is 0 Å². The van der Waals surface area contributed by atoms with Crippen LogP contribution in [0.4, 0.5) is 4.39 Å². The summed E-state index contributed by atoms with van der Waals surface area (Å²) in [7, 11) is 0. The zero-order valence-electron chi connectivity index (χ0n) is 12.1. The third kappa shape index (κ3) is 4.29. The molecule has 0 heterocycles. The van der Waals surface area contributed by atoms with Gasteiger partial charge in [-0.1, -0.05) is 52.7 Å². The molecule has 112 valence electrons. The maximum Gasteiger partial charge on any atom is 0.142 e. The predicted octanol–water partition coefficient (Wildman–Crippen LogP) is 5.44. The second-order valence-corrected chi connectivity index (χ2v) is 6.35. The summed E-state index contributed by atoms with van der Waals surface area (Å²) in [6, 6.07) is 11.4. The minimum absolute atomic E-state index is 0.130. The molecule has 2 rings (SSSR count). The van der Waals surface area contributed by atoms with Gasteiger partial charge in [-0.05, 0) is 54.8 Å². The molecule has 0 radical (unpaired) electrons. The Labute approximate surface area is 138 Å². The number of hydrogen-bond donors (Lipinski definition) is 1. The van der Waals surface area contributed by atoms with Crippen molar-refractivity contribution in [2.45, 2.75) is 26.3 Å². The van der Waals surface area contributed by atoms with E-state index < -0.39 is 0 Å². The van der Waals surface area contributed by atoms with Crippen LogP contribution in [0.1, 0.15) is 29.7 Å². The lowest BCUT2D eigenvalue weighted by molar-refractivity contribution is 0.545.